The summed E-state index contributed by atoms with van der Waals surface area (Å²) in [5.74, 6) is 0. The predicted molar refractivity (Wildman–Crippen MR) is 196 cm³/mol. The summed E-state index contributed by atoms with van der Waals surface area (Å²) < 4.78 is 9.93. The summed E-state index contributed by atoms with van der Waals surface area (Å²) in [4.78, 5) is 0. The van der Waals surface area contributed by atoms with Gasteiger partial charge in [-0.3, -0.25) is 0 Å². The first kappa shape index (κ1) is 27.2. The van der Waals surface area contributed by atoms with Crippen LogP contribution < -0.4 is 26.1 Å². The molecule has 8 aromatic rings. The van der Waals surface area contributed by atoms with E-state index in [0.717, 1.165) is 0 Å². The van der Waals surface area contributed by atoms with E-state index >= 15 is 0 Å². The van der Waals surface area contributed by atoms with Gasteiger partial charge in [-0.05, 0) is 0 Å². The van der Waals surface area contributed by atoms with Gasteiger partial charge < -0.3 is 0 Å². The Kier molecular flexibility index (Phi) is 7.31. The molecule has 0 atom stereocenters. The Morgan fingerprint density at radius 1 is 0.238 bits per heavy atom. The minimum absolute atomic E-state index is 0.00759. The van der Waals surface area contributed by atoms with Gasteiger partial charge in [0.25, 0.3) is 0 Å². The van der Waals surface area contributed by atoms with Crippen LogP contribution in [0.4, 0.5) is 0 Å². The molecule has 8 rings (SSSR count). The molecule has 2 aromatic heterocycles. The van der Waals surface area contributed by atoms with Crippen molar-refractivity contribution in [3.05, 3.63) is 182 Å². The van der Waals surface area contributed by atoms with E-state index in [-0.39, 0.29) is 23.6 Å². The van der Waals surface area contributed by atoms with Crippen molar-refractivity contribution in [2.75, 3.05) is 0 Å². The van der Waals surface area contributed by atoms with Crippen LogP contribution >= 0.6 is 23.6 Å². The zero-order chi connectivity index (χ0) is 28.0. The van der Waals surface area contributed by atoms with Crippen molar-refractivity contribution in [1.82, 2.24) is 0 Å². The molecule has 0 aliphatic rings. The molecular formula is C36H30As2P4+2. The van der Waals surface area contributed by atoms with E-state index < -0.39 is 26.2 Å². The molecule has 0 aliphatic heterocycles. The summed E-state index contributed by atoms with van der Waals surface area (Å²) in [6.45, 7) is 0. The second-order valence-corrected chi connectivity index (χ2v) is 63.4. The number of hydrogen-bond acceptors (Lipinski definition) is 0. The zero-order valence-electron chi connectivity index (χ0n) is 23.0. The van der Waals surface area contributed by atoms with Crippen molar-refractivity contribution >= 4 is 75.9 Å². The molecule has 0 spiro atoms. The first-order valence-electron chi connectivity index (χ1n) is 14.2. The van der Waals surface area contributed by atoms with Gasteiger partial charge in [0.05, 0.1) is 0 Å². The Balaban J connectivity index is 1.44. The SMILES string of the molecule is c1ccc([As+](c2ccccc2)(c2ccccc2)p2p3p([As+](c4ccccc4)(c4ccccc4)c4ccccc4)p23)cc1. The van der Waals surface area contributed by atoms with Gasteiger partial charge in [-0.2, -0.15) is 0 Å². The molecular weight excluding hydrogens is 706 g/mol. The number of fused-ring (bicyclic) bond motifs is 1. The van der Waals surface area contributed by atoms with Crippen LogP contribution in [0.3, 0.4) is 0 Å². The molecule has 0 nitrogen and oxygen atoms in total. The van der Waals surface area contributed by atoms with Gasteiger partial charge in [0.1, 0.15) is 0 Å². The fourth-order valence-corrected chi connectivity index (χ4v) is 239. The summed E-state index contributed by atoms with van der Waals surface area (Å²) in [5.41, 5.74) is 0.0152. The average Bonchev–Trinajstić information content (AvgIpc) is 4.01. The first-order valence-corrected chi connectivity index (χ1v) is 33.7. The molecule has 0 radical (unpaired) electrons. The van der Waals surface area contributed by atoms with E-state index in [9.17, 15) is 0 Å². The molecule has 6 aromatic carbocycles. The Morgan fingerprint density at radius 2 is 0.405 bits per heavy atom. The summed E-state index contributed by atoms with van der Waals surface area (Å²) in [7, 11) is 0. The Labute approximate surface area is 256 Å². The topological polar surface area (TPSA) is 0 Å². The van der Waals surface area contributed by atoms with E-state index in [1.807, 2.05) is 0 Å². The molecule has 6 heteroatoms. The Bertz CT molecular complexity index is 1650. The van der Waals surface area contributed by atoms with Gasteiger partial charge in [-0.15, -0.1) is 0 Å². The van der Waals surface area contributed by atoms with Gasteiger partial charge in [0.15, 0.2) is 0 Å². The number of rotatable bonds is 8. The Morgan fingerprint density at radius 3 is 0.571 bits per heavy atom. The van der Waals surface area contributed by atoms with Crippen LogP contribution in [-0.2, 0) is 0 Å². The van der Waals surface area contributed by atoms with Crippen molar-refractivity contribution in [3.63, 3.8) is 0 Å². The van der Waals surface area contributed by atoms with Crippen molar-refractivity contribution in [2.24, 2.45) is 0 Å². The van der Waals surface area contributed by atoms with Crippen LogP contribution in [0.5, 0.6) is 0 Å². The zero-order valence-corrected chi connectivity index (χ0v) is 30.3. The predicted octanol–water partition coefficient (Wildman–Crippen LogP) is 7.85. The van der Waals surface area contributed by atoms with Crippen LogP contribution in [0.15, 0.2) is 182 Å². The minimum atomic E-state index is -2.67. The van der Waals surface area contributed by atoms with E-state index in [1.165, 1.54) is 0 Å². The second kappa shape index (κ2) is 11.3. The van der Waals surface area contributed by atoms with Crippen LogP contribution in [0.25, 0.3) is 0 Å². The molecule has 0 bridgehead atoms. The summed E-state index contributed by atoms with van der Waals surface area (Å²) in [6.07, 6.45) is 0.198. The normalized spacial score (nSPS) is 14.0. The molecule has 2 heterocycles. The monoisotopic (exact) mass is 736 g/mol. The van der Waals surface area contributed by atoms with Crippen LogP contribution in [0.1, 0.15) is 0 Å². The van der Waals surface area contributed by atoms with Crippen molar-refractivity contribution in [3.8, 4) is 0 Å². The summed E-state index contributed by atoms with van der Waals surface area (Å²) in [6, 6.07) is 70.6. The van der Waals surface area contributed by atoms with Crippen LogP contribution in [0, 0.1) is 0 Å². The molecule has 0 aliphatic carbocycles. The van der Waals surface area contributed by atoms with E-state index in [1.54, 1.807) is 26.1 Å². The third-order valence-electron chi connectivity index (χ3n) is 8.05. The van der Waals surface area contributed by atoms with Gasteiger partial charge in [-0.25, -0.2) is 0 Å². The van der Waals surface area contributed by atoms with Crippen molar-refractivity contribution < 1.29 is 0 Å². The molecule has 0 amide bonds. The van der Waals surface area contributed by atoms with Gasteiger partial charge in [0, 0.05) is 0 Å². The molecule has 0 saturated carbocycles. The summed E-state index contributed by atoms with van der Waals surface area (Å²) >= 11 is -5.33. The van der Waals surface area contributed by atoms with E-state index in [2.05, 4.69) is 182 Å². The number of benzene rings is 6. The standard InChI is InChI=1S/C36H30As2P4/c1-7-19-31(20-8-1)37(32-21-9-2-10-22-32,33-23-11-3-12-24-33)39-41-40(42(39)41)38(34-25-13-4-14-26-34,35-27-15-5-16-28-35)36-29-17-6-18-30-36/h1-30H/q+2. The molecule has 42 heavy (non-hydrogen) atoms. The maximum absolute atomic E-state index is 2.67. The summed E-state index contributed by atoms with van der Waals surface area (Å²) in [5, 5.41) is 0. The fourth-order valence-electron chi connectivity index (χ4n) is 6.18. The van der Waals surface area contributed by atoms with Gasteiger partial charge in [-0.1, -0.05) is 0 Å². The average molecular weight is 736 g/mol. The Hall–Kier alpha value is -2.36. The first-order chi connectivity index (χ1) is 20.9. The third kappa shape index (κ3) is 4.20. The van der Waals surface area contributed by atoms with Crippen molar-refractivity contribution in [2.45, 2.75) is 0 Å². The van der Waals surface area contributed by atoms with E-state index in [4.69, 9.17) is 0 Å². The van der Waals surface area contributed by atoms with Gasteiger partial charge >= 0.3 is 258 Å². The molecule has 0 saturated heterocycles. The molecule has 202 valence electrons. The molecule has 0 N–H and O–H groups in total. The van der Waals surface area contributed by atoms with Crippen molar-refractivity contribution in [1.29, 1.82) is 0 Å². The van der Waals surface area contributed by atoms with Crippen LogP contribution in [-0.4, -0.2) is 26.2 Å². The third-order valence-corrected chi connectivity index (χ3v) is 121. The van der Waals surface area contributed by atoms with Gasteiger partial charge in [0.2, 0.25) is 0 Å². The molecule has 0 unspecified atom stereocenters. The quantitative estimate of drug-likeness (QED) is 0.140. The fraction of sp³-hybridized carbons (Fsp3) is 0. The van der Waals surface area contributed by atoms with Crippen LogP contribution in [0.2, 0.25) is 0 Å². The molecule has 0 fully saturated rings. The number of hydrogen-bond donors (Lipinski definition) is 0. The van der Waals surface area contributed by atoms with E-state index in [0.29, 0.717) is 0 Å². The maximum atomic E-state index is 2.49. The second-order valence-electron chi connectivity index (χ2n) is 10.4.